The Bertz CT molecular complexity index is 1070. The molecule has 168 valence electrons. The van der Waals surface area contributed by atoms with Gasteiger partial charge in [0.25, 0.3) is 5.91 Å². The first-order chi connectivity index (χ1) is 15.2. The third kappa shape index (κ3) is 4.04. The number of piperidine rings is 1. The van der Waals surface area contributed by atoms with Crippen LogP contribution in [0.2, 0.25) is 10.0 Å². The summed E-state index contributed by atoms with van der Waals surface area (Å²) in [7, 11) is 0. The number of hydrogen-bond acceptors (Lipinski definition) is 4. The van der Waals surface area contributed by atoms with E-state index in [0.29, 0.717) is 18.1 Å². The fourth-order valence-corrected chi connectivity index (χ4v) is 4.63. The summed E-state index contributed by atoms with van der Waals surface area (Å²) in [6.07, 6.45) is 1.73. The van der Waals surface area contributed by atoms with Gasteiger partial charge in [0, 0.05) is 37.8 Å². The summed E-state index contributed by atoms with van der Waals surface area (Å²) in [4.78, 5) is 47.2. The van der Waals surface area contributed by atoms with Gasteiger partial charge in [-0.25, -0.2) is 9.37 Å². The van der Waals surface area contributed by atoms with Gasteiger partial charge in [-0.05, 0) is 36.6 Å². The highest BCUT2D eigenvalue weighted by Crippen LogP contribution is 2.37. The van der Waals surface area contributed by atoms with Crippen LogP contribution in [0.25, 0.3) is 0 Å². The Balaban J connectivity index is 1.72. The summed E-state index contributed by atoms with van der Waals surface area (Å²) in [6, 6.07) is 8.10. The van der Waals surface area contributed by atoms with Crippen molar-refractivity contribution >= 4 is 46.7 Å². The van der Waals surface area contributed by atoms with Gasteiger partial charge in [0.2, 0.25) is 11.8 Å². The maximum atomic E-state index is 14.6. The SMILES string of the molecule is CC(=O)N1CCC2(CC1)C(=O)N(c1ncc(Cl)cc1F)CC(=O)N2Cc1ccc(Cl)cc1. The van der Waals surface area contributed by atoms with Crippen LogP contribution in [0.3, 0.4) is 0 Å². The third-order valence-corrected chi connectivity index (χ3v) is 6.55. The molecule has 0 saturated carbocycles. The van der Waals surface area contributed by atoms with E-state index in [9.17, 15) is 18.8 Å². The smallest absolute Gasteiger partial charge is 0.254 e. The van der Waals surface area contributed by atoms with Crippen molar-refractivity contribution in [2.75, 3.05) is 24.5 Å². The number of rotatable bonds is 3. The standard InChI is InChI=1S/C22H21Cl2FN4O3/c1-14(30)27-8-6-22(7-9-27)21(32)28(20-18(25)10-17(24)11-26-20)13-19(31)29(22)12-15-2-4-16(23)5-3-15/h2-5,10-11H,6-9,12-13H2,1H3. The molecule has 1 aromatic carbocycles. The first-order valence-corrected chi connectivity index (χ1v) is 10.9. The van der Waals surface area contributed by atoms with E-state index in [1.807, 2.05) is 0 Å². The van der Waals surface area contributed by atoms with Gasteiger partial charge < -0.3 is 9.80 Å². The lowest BCUT2D eigenvalue weighted by atomic mass is 9.81. The molecular formula is C22H21Cl2FN4O3. The van der Waals surface area contributed by atoms with Gasteiger partial charge in [-0.1, -0.05) is 35.3 Å². The van der Waals surface area contributed by atoms with E-state index in [2.05, 4.69) is 4.98 Å². The van der Waals surface area contributed by atoms with Crippen molar-refractivity contribution < 1.29 is 18.8 Å². The highest BCUT2D eigenvalue weighted by molar-refractivity contribution is 6.30. The van der Waals surface area contributed by atoms with E-state index < -0.39 is 17.3 Å². The van der Waals surface area contributed by atoms with E-state index in [0.717, 1.165) is 16.5 Å². The Morgan fingerprint density at radius 1 is 1.12 bits per heavy atom. The number of anilines is 1. The molecule has 32 heavy (non-hydrogen) atoms. The molecule has 1 aromatic heterocycles. The largest absolute Gasteiger partial charge is 0.343 e. The highest BCUT2D eigenvalue weighted by Gasteiger charge is 2.54. The lowest BCUT2D eigenvalue weighted by Gasteiger charge is -2.52. The van der Waals surface area contributed by atoms with Crippen molar-refractivity contribution in [3.8, 4) is 0 Å². The molecule has 2 aliphatic rings. The summed E-state index contributed by atoms with van der Waals surface area (Å²) in [5, 5.41) is 0.658. The van der Waals surface area contributed by atoms with Crippen LogP contribution in [-0.2, 0) is 20.9 Å². The molecule has 2 saturated heterocycles. The molecule has 0 bridgehead atoms. The number of pyridine rings is 1. The number of carbonyl (C=O) groups is 3. The fraction of sp³-hybridized carbons (Fsp3) is 0.364. The van der Waals surface area contributed by atoms with E-state index >= 15 is 0 Å². The Hall–Kier alpha value is -2.71. The minimum atomic E-state index is -1.21. The Kier molecular flexibility index (Phi) is 6.09. The van der Waals surface area contributed by atoms with Crippen molar-refractivity contribution in [3.05, 3.63) is 58.0 Å². The topological polar surface area (TPSA) is 73.8 Å². The van der Waals surface area contributed by atoms with Gasteiger partial charge in [-0.3, -0.25) is 19.3 Å². The summed E-state index contributed by atoms with van der Waals surface area (Å²) in [5.74, 6) is -1.84. The molecular weight excluding hydrogens is 458 g/mol. The average Bonchev–Trinajstić information content (AvgIpc) is 2.76. The number of likely N-dealkylation sites (tertiary alicyclic amines) is 1. The van der Waals surface area contributed by atoms with Gasteiger partial charge in [0.1, 0.15) is 12.1 Å². The first-order valence-electron chi connectivity index (χ1n) is 10.1. The first kappa shape index (κ1) is 22.5. The van der Waals surface area contributed by atoms with Crippen LogP contribution in [0.1, 0.15) is 25.3 Å². The van der Waals surface area contributed by atoms with Crippen LogP contribution in [-0.4, -0.2) is 57.7 Å². The van der Waals surface area contributed by atoms with Crippen LogP contribution in [0.4, 0.5) is 10.2 Å². The zero-order valence-electron chi connectivity index (χ0n) is 17.4. The predicted molar refractivity (Wildman–Crippen MR) is 118 cm³/mol. The molecule has 0 radical (unpaired) electrons. The quantitative estimate of drug-likeness (QED) is 0.678. The number of aromatic nitrogens is 1. The number of benzene rings is 1. The molecule has 0 atom stereocenters. The van der Waals surface area contributed by atoms with Crippen LogP contribution in [0, 0.1) is 5.82 Å². The fourth-order valence-electron chi connectivity index (χ4n) is 4.36. The molecule has 4 rings (SSSR count). The second-order valence-electron chi connectivity index (χ2n) is 7.99. The third-order valence-electron chi connectivity index (χ3n) is 6.09. The number of piperazine rings is 1. The monoisotopic (exact) mass is 478 g/mol. The number of halogens is 3. The molecule has 0 unspecified atom stereocenters. The molecule has 0 aliphatic carbocycles. The maximum absolute atomic E-state index is 14.6. The molecule has 0 N–H and O–H groups in total. The van der Waals surface area contributed by atoms with Crippen molar-refractivity contribution in [1.82, 2.24) is 14.8 Å². The van der Waals surface area contributed by atoms with Gasteiger partial charge in [-0.15, -0.1) is 0 Å². The lowest BCUT2D eigenvalue weighted by Crippen LogP contribution is -2.71. The Labute approximate surface area is 194 Å². The summed E-state index contributed by atoms with van der Waals surface area (Å²) in [5.41, 5.74) is -0.400. The van der Waals surface area contributed by atoms with Gasteiger partial charge >= 0.3 is 0 Å². The summed E-state index contributed by atoms with van der Waals surface area (Å²) < 4.78 is 14.6. The van der Waals surface area contributed by atoms with Crippen molar-refractivity contribution in [2.24, 2.45) is 0 Å². The minimum absolute atomic E-state index is 0.0934. The molecule has 3 heterocycles. The van der Waals surface area contributed by atoms with Crippen molar-refractivity contribution in [2.45, 2.75) is 31.8 Å². The second kappa shape index (κ2) is 8.67. The van der Waals surface area contributed by atoms with Crippen LogP contribution < -0.4 is 4.90 Å². The van der Waals surface area contributed by atoms with Crippen LogP contribution >= 0.6 is 23.2 Å². The summed E-state index contributed by atoms with van der Waals surface area (Å²) >= 11 is 11.8. The summed E-state index contributed by atoms with van der Waals surface area (Å²) in [6.45, 7) is 1.96. The van der Waals surface area contributed by atoms with E-state index in [-0.39, 0.29) is 48.6 Å². The number of amides is 3. The molecule has 7 nitrogen and oxygen atoms in total. The van der Waals surface area contributed by atoms with Gasteiger partial charge in [0.15, 0.2) is 11.6 Å². The zero-order valence-corrected chi connectivity index (χ0v) is 18.9. The Morgan fingerprint density at radius 2 is 1.78 bits per heavy atom. The molecule has 2 fully saturated rings. The normalized spacial score (nSPS) is 18.4. The minimum Gasteiger partial charge on any atom is -0.343 e. The predicted octanol–water partition coefficient (Wildman–Crippen LogP) is 3.28. The number of hydrogen-bond donors (Lipinski definition) is 0. The van der Waals surface area contributed by atoms with Gasteiger partial charge in [0.05, 0.1) is 5.02 Å². The maximum Gasteiger partial charge on any atom is 0.254 e. The van der Waals surface area contributed by atoms with Gasteiger partial charge in [-0.2, -0.15) is 0 Å². The zero-order chi connectivity index (χ0) is 23.0. The number of nitrogens with zero attached hydrogens (tertiary/aromatic N) is 4. The molecule has 10 heteroatoms. The molecule has 3 amide bonds. The molecule has 2 aliphatic heterocycles. The molecule has 2 aromatic rings. The van der Waals surface area contributed by atoms with E-state index in [1.54, 1.807) is 34.1 Å². The average molecular weight is 479 g/mol. The molecule has 1 spiro atoms. The van der Waals surface area contributed by atoms with Crippen molar-refractivity contribution in [1.29, 1.82) is 0 Å². The van der Waals surface area contributed by atoms with Crippen LogP contribution in [0.5, 0.6) is 0 Å². The lowest BCUT2D eigenvalue weighted by molar-refractivity contribution is -0.156. The van der Waals surface area contributed by atoms with E-state index in [4.69, 9.17) is 23.2 Å². The van der Waals surface area contributed by atoms with Crippen molar-refractivity contribution in [3.63, 3.8) is 0 Å². The number of carbonyl (C=O) groups excluding carboxylic acids is 3. The van der Waals surface area contributed by atoms with E-state index in [1.165, 1.54) is 13.1 Å². The Morgan fingerprint density at radius 3 is 2.38 bits per heavy atom. The highest BCUT2D eigenvalue weighted by atomic mass is 35.5. The van der Waals surface area contributed by atoms with Crippen LogP contribution in [0.15, 0.2) is 36.5 Å². The second-order valence-corrected chi connectivity index (χ2v) is 8.87.